The molecule has 1 saturated heterocycles. The fourth-order valence-electron chi connectivity index (χ4n) is 2.22. The van der Waals surface area contributed by atoms with E-state index >= 15 is 0 Å². The Bertz CT molecular complexity index is 705. The molecule has 3 rings (SSSR count). The minimum Gasteiger partial charge on any atom is -0.450 e. The molecule has 0 radical (unpaired) electrons. The molecule has 0 bridgehead atoms. The predicted octanol–water partition coefficient (Wildman–Crippen LogP) is 2.10. The Morgan fingerprint density at radius 2 is 2.00 bits per heavy atom. The van der Waals surface area contributed by atoms with E-state index in [4.69, 9.17) is 25.5 Å². The van der Waals surface area contributed by atoms with E-state index in [0.717, 1.165) is 0 Å². The molecule has 1 amide bonds. The van der Waals surface area contributed by atoms with Crippen molar-refractivity contribution in [1.29, 1.82) is 0 Å². The molecule has 1 fully saturated rings. The summed E-state index contributed by atoms with van der Waals surface area (Å²) in [5.41, 5.74) is 0.538. The van der Waals surface area contributed by atoms with Gasteiger partial charge < -0.3 is 18.8 Å². The number of carbonyl (C=O) groups is 2. The van der Waals surface area contributed by atoms with E-state index in [1.807, 2.05) is 0 Å². The first-order chi connectivity index (χ1) is 10.6. The highest BCUT2D eigenvalue weighted by atomic mass is 35.5. The fraction of sp³-hybridized carbons (Fsp3) is 0.333. The maximum atomic E-state index is 11.9. The van der Waals surface area contributed by atoms with Gasteiger partial charge in [-0.2, -0.15) is 0 Å². The first-order valence-electron chi connectivity index (χ1n) is 6.85. The van der Waals surface area contributed by atoms with Gasteiger partial charge in [0.05, 0.1) is 13.2 Å². The van der Waals surface area contributed by atoms with Gasteiger partial charge in [0.2, 0.25) is 5.76 Å². The quantitative estimate of drug-likeness (QED) is 0.809. The number of benzene rings is 1. The van der Waals surface area contributed by atoms with Gasteiger partial charge in [0, 0.05) is 23.5 Å². The van der Waals surface area contributed by atoms with E-state index in [1.54, 1.807) is 29.2 Å². The molecule has 1 aliphatic heterocycles. The zero-order valence-electron chi connectivity index (χ0n) is 11.7. The summed E-state index contributed by atoms with van der Waals surface area (Å²) >= 11 is 5.88. The Balaban J connectivity index is 1.61. The summed E-state index contributed by atoms with van der Waals surface area (Å²) in [6.07, 6.45) is 0. The van der Waals surface area contributed by atoms with Crippen LogP contribution in [0, 0.1) is 0 Å². The molecule has 2 aromatic rings. The number of nitrogens with zero attached hydrogens (tertiary/aromatic N) is 1. The first kappa shape index (κ1) is 14.9. The Hall–Kier alpha value is -2.05. The number of fused-ring (bicyclic) bond motifs is 1. The van der Waals surface area contributed by atoms with Gasteiger partial charge in [0.25, 0.3) is 5.91 Å². The van der Waals surface area contributed by atoms with Crippen LogP contribution < -0.4 is 0 Å². The molecule has 0 spiro atoms. The standard InChI is InChI=1S/C15H14ClNO5/c16-11-1-2-12-10(7-11)8-13(22-12)15(19)21-9-14(18)17-3-5-20-6-4-17/h1-2,7-8H,3-6,9H2. The van der Waals surface area contributed by atoms with Crippen LogP contribution in [0.15, 0.2) is 28.7 Å². The molecule has 0 N–H and O–H groups in total. The zero-order valence-corrected chi connectivity index (χ0v) is 12.5. The lowest BCUT2D eigenvalue weighted by Crippen LogP contribution is -2.42. The van der Waals surface area contributed by atoms with E-state index < -0.39 is 5.97 Å². The molecular weight excluding hydrogens is 310 g/mol. The maximum absolute atomic E-state index is 11.9. The smallest absolute Gasteiger partial charge is 0.374 e. The normalized spacial score (nSPS) is 15.0. The molecular formula is C15H14ClNO5. The third kappa shape index (κ3) is 3.23. The van der Waals surface area contributed by atoms with Crippen LogP contribution in [0.3, 0.4) is 0 Å². The largest absolute Gasteiger partial charge is 0.450 e. The molecule has 6 nitrogen and oxygen atoms in total. The van der Waals surface area contributed by atoms with Crippen molar-refractivity contribution < 1.29 is 23.5 Å². The van der Waals surface area contributed by atoms with Crippen molar-refractivity contribution in [3.8, 4) is 0 Å². The van der Waals surface area contributed by atoms with Crippen molar-refractivity contribution in [2.45, 2.75) is 0 Å². The lowest BCUT2D eigenvalue weighted by molar-refractivity contribution is -0.138. The second-order valence-electron chi connectivity index (χ2n) is 4.86. The lowest BCUT2D eigenvalue weighted by Gasteiger charge is -2.26. The third-order valence-corrected chi connectivity index (χ3v) is 3.61. The summed E-state index contributed by atoms with van der Waals surface area (Å²) in [4.78, 5) is 25.4. The number of hydrogen-bond acceptors (Lipinski definition) is 5. The monoisotopic (exact) mass is 323 g/mol. The molecule has 0 aliphatic carbocycles. The Morgan fingerprint density at radius 3 is 2.77 bits per heavy atom. The van der Waals surface area contributed by atoms with Gasteiger partial charge >= 0.3 is 5.97 Å². The van der Waals surface area contributed by atoms with Gasteiger partial charge in [0.15, 0.2) is 6.61 Å². The fourth-order valence-corrected chi connectivity index (χ4v) is 2.40. The Morgan fingerprint density at radius 1 is 1.23 bits per heavy atom. The van der Waals surface area contributed by atoms with E-state index in [0.29, 0.717) is 42.3 Å². The summed E-state index contributed by atoms with van der Waals surface area (Å²) in [6.45, 7) is 1.73. The number of halogens is 1. The van der Waals surface area contributed by atoms with Crippen LogP contribution in [0.4, 0.5) is 0 Å². The molecule has 1 aliphatic rings. The lowest BCUT2D eigenvalue weighted by atomic mass is 10.2. The van der Waals surface area contributed by atoms with Gasteiger partial charge in [-0.05, 0) is 24.3 Å². The Kier molecular flexibility index (Phi) is 4.31. The van der Waals surface area contributed by atoms with Crippen LogP contribution in [-0.4, -0.2) is 49.7 Å². The minimum absolute atomic E-state index is 0.0482. The molecule has 0 saturated carbocycles. The molecule has 1 aromatic heterocycles. The summed E-state index contributed by atoms with van der Waals surface area (Å²) in [5.74, 6) is -0.864. The van der Waals surface area contributed by atoms with E-state index in [1.165, 1.54) is 0 Å². The van der Waals surface area contributed by atoms with Crippen molar-refractivity contribution >= 4 is 34.4 Å². The molecule has 22 heavy (non-hydrogen) atoms. The minimum atomic E-state index is -0.672. The zero-order chi connectivity index (χ0) is 15.5. The molecule has 0 unspecified atom stereocenters. The molecule has 116 valence electrons. The number of esters is 1. The van der Waals surface area contributed by atoms with Crippen LogP contribution >= 0.6 is 11.6 Å². The van der Waals surface area contributed by atoms with E-state index in [9.17, 15) is 9.59 Å². The van der Waals surface area contributed by atoms with Crippen molar-refractivity contribution in [2.24, 2.45) is 0 Å². The number of amides is 1. The van der Waals surface area contributed by atoms with Gasteiger partial charge in [-0.1, -0.05) is 11.6 Å². The molecule has 1 aromatic carbocycles. The highest BCUT2D eigenvalue weighted by molar-refractivity contribution is 6.31. The maximum Gasteiger partial charge on any atom is 0.374 e. The van der Waals surface area contributed by atoms with Crippen molar-refractivity contribution in [1.82, 2.24) is 4.90 Å². The van der Waals surface area contributed by atoms with Gasteiger partial charge in [-0.25, -0.2) is 4.79 Å². The molecule has 2 heterocycles. The number of furan rings is 1. The second-order valence-corrected chi connectivity index (χ2v) is 5.30. The van der Waals surface area contributed by atoms with Crippen LogP contribution in [0.5, 0.6) is 0 Å². The number of hydrogen-bond donors (Lipinski definition) is 0. The predicted molar refractivity (Wildman–Crippen MR) is 78.9 cm³/mol. The van der Waals surface area contributed by atoms with Crippen LogP contribution in [0.2, 0.25) is 5.02 Å². The second kappa shape index (κ2) is 6.37. The van der Waals surface area contributed by atoms with Crippen molar-refractivity contribution in [3.05, 3.63) is 35.0 Å². The highest BCUT2D eigenvalue weighted by Gasteiger charge is 2.20. The summed E-state index contributed by atoms with van der Waals surface area (Å²) in [5, 5.41) is 1.26. The van der Waals surface area contributed by atoms with Crippen LogP contribution in [0.25, 0.3) is 11.0 Å². The number of carbonyl (C=O) groups excluding carboxylic acids is 2. The molecule has 0 atom stereocenters. The Labute approximate surface area is 131 Å². The van der Waals surface area contributed by atoms with Gasteiger partial charge in [-0.3, -0.25) is 4.79 Å². The van der Waals surface area contributed by atoms with Crippen LogP contribution in [0.1, 0.15) is 10.6 Å². The summed E-state index contributed by atoms with van der Waals surface area (Å²) < 4.78 is 15.6. The van der Waals surface area contributed by atoms with E-state index in [-0.39, 0.29) is 18.3 Å². The molecule has 7 heteroatoms. The summed E-state index contributed by atoms with van der Waals surface area (Å²) in [7, 11) is 0. The van der Waals surface area contributed by atoms with E-state index in [2.05, 4.69) is 0 Å². The highest BCUT2D eigenvalue weighted by Crippen LogP contribution is 2.23. The van der Waals surface area contributed by atoms with Crippen molar-refractivity contribution in [2.75, 3.05) is 32.9 Å². The summed E-state index contributed by atoms with van der Waals surface area (Å²) in [6, 6.07) is 6.58. The van der Waals surface area contributed by atoms with Crippen molar-refractivity contribution in [3.63, 3.8) is 0 Å². The number of ether oxygens (including phenoxy) is 2. The number of rotatable bonds is 3. The van der Waals surface area contributed by atoms with Crippen LogP contribution in [-0.2, 0) is 14.3 Å². The topological polar surface area (TPSA) is 69.0 Å². The average molecular weight is 324 g/mol. The number of morpholine rings is 1. The SMILES string of the molecule is O=C(OCC(=O)N1CCOCC1)c1cc2cc(Cl)ccc2o1. The first-order valence-corrected chi connectivity index (χ1v) is 7.23. The average Bonchev–Trinajstić information content (AvgIpc) is 2.96. The van der Waals surface area contributed by atoms with Gasteiger partial charge in [-0.15, -0.1) is 0 Å². The van der Waals surface area contributed by atoms with Gasteiger partial charge in [0.1, 0.15) is 5.58 Å². The third-order valence-electron chi connectivity index (χ3n) is 3.37.